The molecule has 0 radical (unpaired) electrons. The molecule has 2 aromatic carbocycles. The molecule has 0 bridgehead atoms. The molecule has 0 aliphatic heterocycles. The standard InChI is InChI=1S/C15H17N5/c1-3-17-18-14-8-4-12(5-9-14)13-6-10-15(11-7-13)19-20-16-2/h4-11H,3H2,1-2H3,(H,16,19). The van der Waals surface area contributed by atoms with Crippen LogP contribution < -0.4 is 5.43 Å². The quantitative estimate of drug-likeness (QED) is 0.610. The number of hydrogen-bond donors (Lipinski definition) is 1. The Kier molecular flexibility index (Phi) is 4.94. The lowest BCUT2D eigenvalue weighted by molar-refractivity contribution is 1.01. The maximum Gasteiger partial charge on any atom is 0.0852 e. The van der Waals surface area contributed by atoms with E-state index in [0.29, 0.717) is 6.54 Å². The Balaban J connectivity index is 2.13. The van der Waals surface area contributed by atoms with Crippen molar-refractivity contribution in [3.8, 4) is 11.1 Å². The first-order valence-corrected chi connectivity index (χ1v) is 6.46. The van der Waals surface area contributed by atoms with Crippen LogP contribution in [-0.4, -0.2) is 13.6 Å². The van der Waals surface area contributed by atoms with Crippen molar-refractivity contribution in [1.82, 2.24) is 0 Å². The van der Waals surface area contributed by atoms with Gasteiger partial charge in [0.05, 0.1) is 25.0 Å². The van der Waals surface area contributed by atoms with Crippen LogP contribution in [0.25, 0.3) is 11.1 Å². The van der Waals surface area contributed by atoms with Crippen molar-refractivity contribution in [3.63, 3.8) is 0 Å². The predicted octanol–water partition coefficient (Wildman–Crippen LogP) is 4.87. The molecule has 0 saturated carbocycles. The van der Waals surface area contributed by atoms with Crippen molar-refractivity contribution in [3.05, 3.63) is 48.5 Å². The minimum absolute atomic E-state index is 0.700. The minimum atomic E-state index is 0.700. The smallest absolute Gasteiger partial charge is 0.0852 e. The molecular formula is C15H17N5. The van der Waals surface area contributed by atoms with Gasteiger partial charge in [0.1, 0.15) is 0 Å². The first-order chi connectivity index (χ1) is 9.83. The second-order valence-corrected chi connectivity index (χ2v) is 4.09. The van der Waals surface area contributed by atoms with Crippen LogP contribution >= 0.6 is 0 Å². The molecule has 0 spiro atoms. The molecule has 0 heterocycles. The fourth-order valence-electron chi connectivity index (χ4n) is 1.72. The van der Waals surface area contributed by atoms with Crippen molar-refractivity contribution in [1.29, 1.82) is 0 Å². The number of hydrogen-bond acceptors (Lipinski definition) is 4. The van der Waals surface area contributed by atoms with E-state index in [1.54, 1.807) is 7.05 Å². The van der Waals surface area contributed by atoms with Gasteiger partial charge in [-0.05, 0) is 42.3 Å². The zero-order valence-electron chi connectivity index (χ0n) is 11.6. The van der Waals surface area contributed by atoms with Crippen molar-refractivity contribution in [2.24, 2.45) is 20.6 Å². The van der Waals surface area contributed by atoms with Gasteiger partial charge in [0.25, 0.3) is 0 Å². The van der Waals surface area contributed by atoms with E-state index < -0.39 is 0 Å². The van der Waals surface area contributed by atoms with Crippen LogP contribution in [0.1, 0.15) is 6.92 Å². The van der Waals surface area contributed by atoms with E-state index in [4.69, 9.17) is 0 Å². The molecule has 0 amide bonds. The third kappa shape index (κ3) is 3.71. The summed E-state index contributed by atoms with van der Waals surface area (Å²) in [6, 6.07) is 16.0. The third-order valence-corrected chi connectivity index (χ3v) is 2.69. The number of nitrogens with one attached hydrogen (secondary N) is 1. The molecule has 0 fully saturated rings. The van der Waals surface area contributed by atoms with Gasteiger partial charge in [-0.15, -0.1) is 0 Å². The Morgan fingerprint density at radius 3 is 2.05 bits per heavy atom. The van der Waals surface area contributed by atoms with E-state index in [9.17, 15) is 0 Å². The van der Waals surface area contributed by atoms with Crippen LogP contribution in [0, 0.1) is 0 Å². The first-order valence-electron chi connectivity index (χ1n) is 6.46. The molecule has 0 saturated heterocycles. The summed E-state index contributed by atoms with van der Waals surface area (Å²) in [7, 11) is 1.62. The van der Waals surface area contributed by atoms with E-state index in [1.165, 1.54) is 0 Å². The van der Waals surface area contributed by atoms with E-state index in [-0.39, 0.29) is 0 Å². The van der Waals surface area contributed by atoms with Gasteiger partial charge in [-0.2, -0.15) is 15.3 Å². The summed E-state index contributed by atoms with van der Waals surface area (Å²) in [5, 5.41) is 15.5. The van der Waals surface area contributed by atoms with Crippen molar-refractivity contribution in [2.45, 2.75) is 6.92 Å². The SMILES string of the molecule is CCN=Nc1ccc(-c2ccc(NN=NC)cc2)cc1. The summed E-state index contributed by atoms with van der Waals surface area (Å²) in [6.07, 6.45) is 0. The number of benzene rings is 2. The summed E-state index contributed by atoms with van der Waals surface area (Å²) in [5.41, 5.74) is 6.90. The third-order valence-electron chi connectivity index (χ3n) is 2.69. The largest absolute Gasteiger partial charge is 0.260 e. The summed E-state index contributed by atoms with van der Waals surface area (Å²) >= 11 is 0. The topological polar surface area (TPSA) is 61.5 Å². The number of anilines is 1. The summed E-state index contributed by atoms with van der Waals surface area (Å²) in [6.45, 7) is 2.66. The monoisotopic (exact) mass is 267 g/mol. The lowest BCUT2D eigenvalue weighted by Gasteiger charge is -2.04. The van der Waals surface area contributed by atoms with Gasteiger partial charge in [0.15, 0.2) is 0 Å². The van der Waals surface area contributed by atoms with Crippen LogP contribution in [0.15, 0.2) is 69.1 Å². The Morgan fingerprint density at radius 1 is 0.900 bits per heavy atom. The molecule has 0 unspecified atom stereocenters. The van der Waals surface area contributed by atoms with E-state index in [2.05, 4.69) is 26.0 Å². The van der Waals surface area contributed by atoms with Gasteiger partial charge in [-0.3, -0.25) is 5.43 Å². The Hall–Kier alpha value is -2.56. The highest BCUT2D eigenvalue weighted by atomic mass is 15.4. The fourth-order valence-corrected chi connectivity index (χ4v) is 1.72. The molecule has 1 N–H and O–H groups in total. The number of nitrogens with zero attached hydrogens (tertiary/aromatic N) is 4. The molecule has 0 aromatic heterocycles. The van der Waals surface area contributed by atoms with Crippen LogP contribution in [-0.2, 0) is 0 Å². The summed E-state index contributed by atoms with van der Waals surface area (Å²) in [5.74, 6) is 0. The van der Waals surface area contributed by atoms with Gasteiger partial charge in [0, 0.05) is 0 Å². The van der Waals surface area contributed by atoms with Crippen LogP contribution in [0.2, 0.25) is 0 Å². The van der Waals surface area contributed by atoms with Gasteiger partial charge in [-0.1, -0.05) is 29.5 Å². The fraction of sp³-hybridized carbons (Fsp3) is 0.200. The number of azo groups is 1. The molecule has 102 valence electrons. The molecule has 0 atom stereocenters. The van der Waals surface area contributed by atoms with Crippen LogP contribution in [0.3, 0.4) is 0 Å². The molecule has 5 nitrogen and oxygen atoms in total. The van der Waals surface area contributed by atoms with Gasteiger partial charge in [-0.25, -0.2) is 0 Å². The van der Waals surface area contributed by atoms with E-state index in [0.717, 1.165) is 22.5 Å². The first kappa shape index (κ1) is 13.9. The van der Waals surface area contributed by atoms with Crippen LogP contribution in [0.5, 0.6) is 0 Å². The lowest BCUT2D eigenvalue weighted by Crippen LogP contribution is -1.86. The Bertz CT molecular complexity index is 585. The molecule has 0 aliphatic rings. The highest BCUT2D eigenvalue weighted by molar-refractivity contribution is 5.67. The van der Waals surface area contributed by atoms with E-state index >= 15 is 0 Å². The normalized spacial score (nSPS) is 11.3. The summed E-state index contributed by atoms with van der Waals surface area (Å²) < 4.78 is 0. The molecule has 5 heteroatoms. The van der Waals surface area contributed by atoms with Crippen molar-refractivity contribution in [2.75, 3.05) is 19.0 Å². The lowest BCUT2D eigenvalue weighted by atomic mass is 10.1. The average Bonchev–Trinajstić information content (AvgIpc) is 2.52. The predicted molar refractivity (Wildman–Crippen MR) is 81.3 cm³/mol. The molecule has 20 heavy (non-hydrogen) atoms. The zero-order chi connectivity index (χ0) is 14.2. The molecule has 2 aromatic rings. The van der Waals surface area contributed by atoms with Crippen molar-refractivity contribution >= 4 is 11.4 Å². The minimum Gasteiger partial charge on any atom is -0.260 e. The van der Waals surface area contributed by atoms with Gasteiger partial charge in [0.2, 0.25) is 0 Å². The van der Waals surface area contributed by atoms with Gasteiger partial charge < -0.3 is 0 Å². The number of rotatable bonds is 5. The Labute approximate surface area is 118 Å². The molecule has 2 rings (SSSR count). The Morgan fingerprint density at radius 2 is 1.50 bits per heavy atom. The second kappa shape index (κ2) is 7.13. The van der Waals surface area contributed by atoms with E-state index in [1.807, 2.05) is 55.5 Å². The van der Waals surface area contributed by atoms with Gasteiger partial charge >= 0.3 is 0 Å². The maximum absolute atomic E-state index is 4.10. The van der Waals surface area contributed by atoms with Crippen molar-refractivity contribution < 1.29 is 0 Å². The molecular weight excluding hydrogens is 250 g/mol. The van der Waals surface area contributed by atoms with Crippen LogP contribution in [0.4, 0.5) is 11.4 Å². The maximum atomic E-state index is 4.10. The second-order valence-electron chi connectivity index (χ2n) is 4.09. The summed E-state index contributed by atoms with van der Waals surface area (Å²) in [4.78, 5) is 0. The molecule has 0 aliphatic carbocycles. The highest BCUT2D eigenvalue weighted by Gasteiger charge is 1.98. The highest BCUT2D eigenvalue weighted by Crippen LogP contribution is 2.24. The average molecular weight is 267 g/mol. The zero-order valence-corrected chi connectivity index (χ0v) is 11.6.